The molecule has 1 heterocycles. The van der Waals surface area contributed by atoms with Crippen molar-refractivity contribution >= 4 is 17.9 Å². The molecular weight excluding hydrogens is 247 g/mol. The van der Waals surface area contributed by atoms with Crippen molar-refractivity contribution < 1.29 is 14.0 Å². The van der Waals surface area contributed by atoms with E-state index < -0.39 is 0 Å². The van der Waals surface area contributed by atoms with Crippen molar-refractivity contribution in [2.45, 2.75) is 6.42 Å². The summed E-state index contributed by atoms with van der Waals surface area (Å²) in [5.74, 6) is -0.814. The largest absolute Gasteiger partial charge is 0.354 e. The number of hydrogen-bond donors (Lipinski definition) is 1. The number of hydrogen-bond acceptors (Lipinski definition) is 2. The topological polar surface area (TPSA) is 49.4 Å². The summed E-state index contributed by atoms with van der Waals surface area (Å²) in [5.41, 5.74) is 0.357. The Morgan fingerprint density at radius 1 is 1.37 bits per heavy atom. The molecule has 1 saturated heterocycles. The fourth-order valence-corrected chi connectivity index (χ4v) is 1.87. The lowest BCUT2D eigenvalue weighted by molar-refractivity contribution is -0.131. The van der Waals surface area contributed by atoms with Crippen LogP contribution in [0.3, 0.4) is 0 Å². The van der Waals surface area contributed by atoms with Crippen LogP contribution in [0.1, 0.15) is 12.0 Å². The summed E-state index contributed by atoms with van der Waals surface area (Å²) in [6, 6.07) is 6.22. The predicted octanol–water partition coefficient (Wildman–Crippen LogP) is 1.19. The number of halogens is 1. The zero-order valence-electron chi connectivity index (χ0n) is 10.4. The molecule has 0 aromatic heterocycles. The zero-order valence-corrected chi connectivity index (χ0v) is 10.4. The average molecular weight is 262 g/mol. The van der Waals surface area contributed by atoms with Gasteiger partial charge in [0.1, 0.15) is 5.82 Å². The third kappa shape index (κ3) is 3.64. The van der Waals surface area contributed by atoms with Crippen molar-refractivity contribution in [2.75, 3.05) is 19.6 Å². The summed E-state index contributed by atoms with van der Waals surface area (Å²) in [5, 5.41) is 2.70. The zero-order chi connectivity index (χ0) is 13.7. The average Bonchev–Trinajstić information content (AvgIpc) is 2.62. The maximum atomic E-state index is 13.4. The number of nitrogens with one attached hydrogen (secondary N) is 1. The van der Waals surface area contributed by atoms with E-state index in [0.29, 0.717) is 18.7 Å². The van der Waals surface area contributed by atoms with Crippen molar-refractivity contribution in [3.63, 3.8) is 0 Å². The number of benzene rings is 1. The molecule has 1 aromatic rings. The van der Waals surface area contributed by atoms with E-state index in [9.17, 15) is 14.0 Å². The van der Waals surface area contributed by atoms with Gasteiger partial charge in [-0.1, -0.05) is 18.2 Å². The molecule has 0 saturated carbocycles. The molecule has 0 aliphatic carbocycles. The van der Waals surface area contributed by atoms with Crippen LogP contribution in [0.15, 0.2) is 30.3 Å². The van der Waals surface area contributed by atoms with Crippen LogP contribution in [0.4, 0.5) is 4.39 Å². The Bertz CT molecular complexity index is 514. The van der Waals surface area contributed by atoms with E-state index in [2.05, 4.69) is 5.32 Å². The molecule has 1 aromatic carbocycles. The monoisotopic (exact) mass is 262 g/mol. The highest BCUT2D eigenvalue weighted by atomic mass is 19.1. The minimum atomic E-state index is -0.375. The van der Waals surface area contributed by atoms with Crippen LogP contribution in [0.2, 0.25) is 0 Å². The molecule has 0 unspecified atom stereocenters. The van der Waals surface area contributed by atoms with Crippen LogP contribution in [-0.4, -0.2) is 36.3 Å². The van der Waals surface area contributed by atoms with Gasteiger partial charge in [-0.15, -0.1) is 0 Å². The third-order valence-corrected chi connectivity index (χ3v) is 2.88. The Morgan fingerprint density at radius 2 is 2.16 bits per heavy atom. The highest BCUT2D eigenvalue weighted by Crippen LogP contribution is 2.09. The van der Waals surface area contributed by atoms with Gasteiger partial charge in [-0.25, -0.2) is 4.39 Å². The van der Waals surface area contributed by atoms with Crippen LogP contribution >= 0.6 is 0 Å². The first kappa shape index (κ1) is 13.3. The van der Waals surface area contributed by atoms with Crippen molar-refractivity contribution in [1.29, 1.82) is 0 Å². The molecular formula is C14H15FN2O2. The molecule has 0 spiro atoms. The van der Waals surface area contributed by atoms with Crippen molar-refractivity contribution in [2.24, 2.45) is 0 Å². The Kier molecular flexibility index (Phi) is 4.28. The molecule has 1 aliphatic heterocycles. The lowest BCUT2D eigenvalue weighted by Crippen LogP contribution is -2.36. The maximum absolute atomic E-state index is 13.4. The second kappa shape index (κ2) is 6.13. The van der Waals surface area contributed by atoms with Gasteiger partial charge in [0, 0.05) is 24.7 Å². The fourth-order valence-electron chi connectivity index (χ4n) is 1.87. The van der Waals surface area contributed by atoms with Crippen LogP contribution in [0.25, 0.3) is 6.08 Å². The molecule has 0 atom stereocenters. The van der Waals surface area contributed by atoms with Gasteiger partial charge in [0.2, 0.25) is 11.8 Å². The Balaban J connectivity index is 2.04. The molecule has 0 bridgehead atoms. The van der Waals surface area contributed by atoms with Crippen LogP contribution in [-0.2, 0) is 9.59 Å². The molecule has 0 radical (unpaired) electrons. The first-order chi connectivity index (χ1) is 9.16. The molecule has 1 N–H and O–H groups in total. The van der Waals surface area contributed by atoms with E-state index in [1.54, 1.807) is 18.2 Å². The van der Waals surface area contributed by atoms with E-state index in [0.717, 1.165) is 6.42 Å². The number of rotatable bonds is 2. The van der Waals surface area contributed by atoms with Gasteiger partial charge in [0.15, 0.2) is 0 Å². The highest BCUT2D eigenvalue weighted by Gasteiger charge is 2.17. The minimum Gasteiger partial charge on any atom is -0.354 e. The summed E-state index contributed by atoms with van der Waals surface area (Å²) in [6.07, 6.45) is 3.46. The standard InChI is InChI=1S/C14H15FN2O2/c15-12-5-2-1-4-11(12)6-7-14(19)17-9-3-8-16-13(18)10-17/h1-2,4-7H,3,8-10H2,(H,16,18). The van der Waals surface area contributed by atoms with Crippen LogP contribution in [0.5, 0.6) is 0 Å². The van der Waals surface area contributed by atoms with Gasteiger partial charge < -0.3 is 10.2 Å². The summed E-state index contributed by atoms with van der Waals surface area (Å²) in [6.45, 7) is 1.17. The van der Waals surface area contributed by atoms with Gasteiger partial charge in [-0.2, -0.15) is 0 Å². The van der Waals surface area contributed by atoms with Crippen molar-refractivity contribution in [3.05, 3.63) is 41.7 Å². The fraction of sp³-hybridized carbons (Fsp3) is 0.286. The number of carbonyl (C=O) groups excluding carboxylic acids is 2. The van der Waals surface area contributed by atoms with Gasteiger partial charge in [-0.05, 0) is 18.6 Å². The molecule has 2 amide bonds. The smallest absolute Gasteiger partial charge is 0.247 e. The van der Waals surface area contributed by atoms with E-state index in [-0.39, 0.29) is 24.2 Å². The first-order valence-electron chi connectivity index (χ1n) is 6.15. The third-order valence-electron chi connectivity index (χ3n) is 2.88. The predicted molar refractivity (Wildman–Crippen MR) is 69.6 cm³/mol. The summed E-state index contributed by atoms with van der Waals surface area (Å²) in [4.78, 5) is 24.7. The maximum Gasteiger partial charge on any atom is 0.247 e. The van der Waals surface area contributed by atoms with E-state index in [4.69, 9.17) is 0 Å². The van der Waals surface area contributed by atoms with E-state index in [1.807, 2.05) is 0 Å². The van der Waals surface area contributed by atoms with Gasteiger partial charge >= 0.3 is 0 Å². The summed E-state index contributed by atoms with van der Waals surface area (Å²) >= 11 is 0. The molecule has 1 fully saturated rings. The quantitative estimate of drug-likeness (QED) is 0.814. The molecule has 5 heteroatoms. The number of nitrogens with zero attached hydrogens (tertiary/aromatic N) is 1. The van der Waals surface area contributed by atoms with Crippen molar-refractivity contribution in [1.82, 2.24) is 10.2 Å². The lowest BCUT2D eigenvalue weighted by atomic mass is 10.2. The second-order valence-electron chi connectivity index (χ2n) is 4.32. The highest BCUT2D eigenvalue weighted by molar-refractivity contribution is 5.94. The second-order valence-corrected chi connectivity index (χ2v) is 4.32. The summed E-state index contributed by atoms with van der Waals surface area (Å²) < 4.78 is 13.4. The SMILES string of the molecule is O=C1CN(C(=O)C=Cc2ccccc2F)CCCN1. The molecule has 4 nitrogen and oxygen atoms in total. The van der Waals surface area contributed by atoms with Crippen LogP contribution in [0, 0.1) is 5.82 Å². The first-order valence-corrected chi connectivity index (χ1v) is 6.15. The van der Waals surface area contributed by atoms with Gasteiger partial charge in [0.05, 0.1) is 6.54 Å². The number of amides is 2. The normalized spacial score (nSPS) is 16.3. The molecule has 19 heavy (non-hydrogen) atoms. The molecule has 100 valence electrons. The number of carbonyl (C=O) groups is 2. The Hall–Kier alpha value is -2.17. The van der Waals surface area contributed by atoms with E-state index in [1.165, 1.54) is 23.1 Å². The van der Waals surface area contributed by atoms with Gasteiger partial charge in [-0.3, -0.25) is 9.59 Å². The molecule has 2 rings (SSSR count). The Morgan fingerprint density at radius 3 is 2.95 bits per heavy atom. The van der Waals surface area contributed by atoms with E-state index >= 15 is 0 Å². The Labute approximate surface area is 110 Å². The summed E-state index contributed by atoms with van der Waals surface area (Å²) in [7, 11) is 0. The van der Waals surface area contributed by atoms with Crippen LogP contribution < -0.4 is 5.32 Å². The van der Waals surface area contributed by atoms with Crippen molar-refractivity contribution in [3.8, 4) is 0 Å². The minimum absolute atomic E-state index is 0.0560. The molecule has 1 aliphatic rings. The van der Waals surface area contributed by atoms with Gasteiger partial charge in [0.25, 0.3) is 0 Å². The lowest BCUT2D eigenvalue weighted by Gasteiger charge is -2.16.